The molecule has 0 aliphatic heterocycles. The van der Waals surface area contributed by atoms with E-state index in [-0.39, 0.29) is 0 Å². The highest BCUT2D eigenvalue weighted by Gasteiger charge is 2.22. The maximum atomic E-state index is 10.0. The molecular weight excluding hydrogens is 264 g/mol. The number of carboxylic acids is 2. The SMILES string of the molecule is C=CC(=O)O.C=CC(=O)O.C=CC(=O)OC(O)(O)O. The largest absolute Gasteiger partial charge is 0.478 e. The number of carbonyl (C=O) groups excluding carboxylic acids is 1. The van der Waals surface area contributed by atoms with Crippen molar-refractivity contribution in [3.63, 3.8) is 0 Å². The normalized spacial score (nSPS) is 8.37. The fourth-order valence-electron chi connectivity index (χ4n) is 0.177. The van der Waals surface area contributed by atoms with Crippen LogP contribution in [0, 0.1) is 0 Å². The molecule has 108 valence electrons. The van der Waals surface area contributed by atoms with Crippen molar-refractivity contribution >= 4 is 17.9 Å². The maximum Gasteiger partial charge on any atom is 0.455 e. The second-order valence-electron chi connectivity index (χ2n) is 2.28. The number of aliphatic hydroxyl groups is 3. The Morgan fingerprint density at radius 1 is 0.842 bits per heavy atom. The molecule has 5 N–H and O–H groups in total. The van der Waals surface area contributed by atoms with Crippen molar-refractivity contribution in [2.75, 3.05) is 0 Å². The van der Waals surface area contributed by atoms with Crippen molar-refractivity contribution in [1.82, 2.24) is 0 Å². The number of hydrogen-bond acceptors (Lipinski definition) is 7. The molecule has 0 heterocycles. The van der Waals surface area contributed by atoms with Crippen molar-refractivity contribution in [3.05, 3.63) is 38.0 Å². The lowest BCUT2D eigenvalue weighted by Crippen LogP contribution is -2.33. The van der Waals surface area contributed by atoms with E-state index in [1.54, 1.807) is 0 Å². The first-order valence-electron chi connectivity index (χ1n) is 4.23. The van der Waals surface area contributed by atoms with Crippen LogP contribution in [0.1, 0.15) is 0 Å². The number of aliphatic carboxylic acids is 2. The zero-order chi connectivity index (χ0) is 16.1. The zero-order valence-electron chi connectivity index (χ0n) is 9.72. The molecule has 0 amide bonds. The van der Waals surface area contributed by atoms with Gasteiger partial charge in [0.2, 0.25) is 0 Å². The number of ether oxygens (including phenoxy) is 1. The molecule has 9 heteroatoms. The first-order chi connectivity index (χ1) is 8.49. The topological polar surface area (TPSA) is 162 Å². The third-order valence-electron chi connectivity index (χ3n) is 0.753. The third-order valence-corrected chi connectivity index (χ3v) is 0.753. The van der Waals surface area contributed by atoms with E-state index in [0.717, 1.165) is 12.2 Å². The Hall–Kier alpha value is -2.49. The summed E-state index contributed by atoms with van der Waals surface area (Å²) in [6.07, 6.45) is -1.05. The molecule has 0 rings (SSSR count). The number of hydrogen-bond donors (Lipinski definition) is 5. The van der Waals surface area contributed by atoms with Crippen LogP contribution in [-0.2, 0) is 19.1 Å². The Bertz CT molecular complexity index is 319. The van der Waals surface area contributed by atoms with E-state index in [4.69, 9.17) is 25.5 Å². The smallest absolute Gasteiger partial charge is 0.455 e. The summed E-state index contributed by atoms with van der Waals surface area (Å²) in [5.41, 5.74) is 0. The first-order valence-corrected chi connectivity index (χ1v) is 4.23. The van der Waals surface area contributed by atoms with Crippen LogP contribution in [-0.4, -0.2) is 49.6 Å². The van der Waals surface area contributed by atoms with E-state index >= 15 is 0 Å². The molecule has 0 aliphatic carbocycles. The van der Waals surface area contributed by atoms with Crippen LogP contribution < -0.4 is 0 Å². The van der Waals surface area contributed by atoms with E-state index in [9.17, 15) is 14.4 Å². The standard InChI is InChI=1S/C4H6O5.2C3H4O2/c1-2-3(5)9-4(6,7)8;2*1-2-3(4)5/h2,6-8H,1H2;2*2H,1H2,(H,4,5). The molecule has 0 unspecified atom stereocenters. The summed E-state index contributed by atoms with van der Waals surface area (Å²) in [4.78, 5) is 28.5. The summed E-state index contributed by atoms with van der Waals surface area (Å²) in [7, 11) is 0. The van der Waals surface area contributed by atoms with Crippen LogP contribution in [0.3, 0.4) is 0 Å². The van der Waals surface area contributed by atoms with Gasteiger partial charge in [0.05, 0.1) is 0 Å². The maximum absolute atomic E-state index is 10.0. The zero-order valence-corrected chi connectivity index (χ0v) is 9.72. The van der Waals surface area contributed by atoms with Gasteiger partial charge in [0, 0.05) is 18.2 Å². The van der Waals surface area contributed by atoms with Crippen molar-refractivity contribution in [1.29, 1.82) is 0 Å². The van der Waals surface area contributed by atoms with E-state index < -0.39 is 24.1 Å². The lowest BCUT2D eigenvalue weighted by molar-refractivity contribution is -0.434. The van der Waals surface area contributed by atoms with Crippen molar-refractivity contribution in [3.8, 4) is 0 Å². The van der Waals surface area contributed by atoms with Gasteiger partial charge in [-0.2, -0.15) is 0 Å². The molecule has 9 nitrogen and oxygen atoms in total. The molecule has 19 heavy (non-hydrogen) atoms. The average Bonchev–Trinajstić information content (AvgIpc) is 2.28. The van der Waals surface area contributed by atoms with Crippen LogP contribution in [0.25, 0.3) is 0 Å². The Morgan fingerprint density at radius 2 is 1.11 bits per heavy atom. The predicted octanol–water partition coefficient (Wildman–Crippen LogP) is -1.18. The van der Waals surface area contributed by atoms with Gasteiger partial charge < -0.3 is 30.3 Å². The Morgan fingerprint density at radius 3 is 1.16 bits per heavy atom. The molecule has 0 saturated heterocycles. The van der Waals surface area contributed by atoms with E-state index in [1.807, 2.05) is 0 Å². The summed E-state index contributed by atoms with van der Waals surface area (Å²) in [6, 6.07) is 0. The number of carboxylic acid groups (broad SMARTS) is 2. The quantitative estimate of drug-likeness (QED) is 0.242. The Balaban J connectivity index is -0.000000219. The molecule has 0 aromatic carbocycles. The molecule has 0 aromatic rings. The van der Waals surface area contributed by atoms with E-state index in [2.05, 4.69) is 24.5 Å². The molecule has 0 radical (unpaired) electrons. The molecule has 0 spiro atoms. The molecule has 0 atom stereocenters. The Kier molecular flexibility index (Phi) is 13.7. The number of esters is 1. The van der Waals surface area contributed by atoms with Crippen LogP contribution in [0.5, 0.6) is 0 Å². The minimum absolute atomic E-state index is 0.678. The van der Waals surface area contributed by atoms with Crippen LogP contribution in [0.4, 0.5) is 0 Å². The summed E-state index contributed by atoms with van der Waals surface area (Å²) in [6.45, 7) is 8.86. The van der Waals surface area contributed by atoms with E-state index in [1.165, 1.54) is 0 Å². The van der Waals surface area contributed by atoms with Gasteiger partial charge in [-0.15, -0.1) is 0 Å². The monoisotopic (exact) mass is 278 g/mol. The molecule has 0 aliphatic rings. The highest BCUT2D eigenvalue weighted by Crippen LogP contribution is 1.94. The van der Waals surface area contributed by atoms with Crippen molar-refractivity contribution in [2.24, 2.45) is 0 Å². The molecule has 0 fully saturated rings. The Labute approximate surface area is 108 Å². The van der Waals surface area contributed by atoms with Crippen LogP contribution in [0.2, 0.25) is 0 Å². The van der Waals surface area contributed by atoms with Gasteiger partial charge in [-0.3, -0.25) is 0 Å². The van der Waals surface area contributed by atoms with Gasteiger partial charge in [0.25, 0.3) is 0 Å². The lowest BCUT2D eigenvalue weighted by atomic mass is 10.7. The first kappa shape index (κ1) is 21.8. The number of rotatable bonds is 4. The summed E-state index contributed by atoms with van der Waals surface area (Å²) in [5, 5.41) is 39.0. The van der Waals surface area contributed by atoms with Gasteiger partial charge in [-0.25, -0.2) is 14.4 Å². The highest BCUT2D eigenvalue weighted by molar-refractivity contribution is 5.81. The second kappa shape index (κ2) is 12.0. The summed E-state index contributed by atoms with van der Waals surface area (Å²) in [5.74, 6) is -3.09. The van der Waals surface area contributed by atoms with Crippen molar-refractivity contribution in [2.45, 2.75) is 6.16 Å². The van der Waals surface area contributed by atoms with Crippen LogP contribution in [0.15, 0.2) is 38.0 Å². The number of carbonyl (C=O) groups is 3. The minimum Gasteiger partial charge on any atom is -0.478 e. The summed E-state index contributed by atoms with van der Waals surface area (Å²) >= 11 is 0. The van der Waals surface area contributed by atoms with Gasteiger partial charge in [-0.05, 0) is 0 Å². The average molecular weight is 278 g/mol. The minimum atomic E-state index is -3.40. The molecule has 0 saturated carbocycles. The highest BCUT2D eigenvalue weighted by atomic mass is 16.9. The van der Waals surface area contributed by atoms with Gasteiger partial charge in [0.1, 0.15) is 0 Å². The molecule has 0 aromatic heterocycles. The van der Waals surface area contributed by atoms with Gasteiger partial charge >= 0.3 is 24.1 Å². The molecule has 0 bridgehead atoms. The summed E-state index contributed by atoms with van der Waals surface area (Å²) < 4.78 is 3.50. The predicted molar refractivity (Wildman–Crippen MR) is 61.3 cm³/mol. The van der Waals surface area contributed by atoms with Gasteiger partial charge in [-0.1, -0.05) is 19.7 Å². The third kappa shape index (κ3) is 39.1. The van der Waals surface area contributed by atoms with Gasteiger partial charge in [0.15, 0.2) is 0 Å². The fourth-order valence-corrected chi connectivity index (χ4v) is 0.177. The molecular formula is C10H14O9. The fraction of sp³-hybridized carbons (Fsp3) is 0.100. The van der Waals surface area contributed by atoms with Crippen LogP contribution >= 0.6 is 0 Å². The van der Waals surface area contributed by atoms with E-state index in [0.29, 0.717) is 6.08 Å². The van der Waals surface area contributed by atoms with Crippen molar-refractivity contribution < 1.29 is 44.7 Å². The lowest BCUT2D eigenvalue weighted by Gasteiger charge is -2.11. The second-order valence-corrected chi connectivity index (χ2v) is 2.28.